The van der Waals surface area contributed by atoms with Crippen LogP contribution in [0.15, 0.2) is 4.52 Å². The molecule has 1 aliphatic rings. The maximum atomic E-state index is 9.77. The lowest BCUT2D eigenvalue weighted by Gasteiger charge is -2.10. The summed E-state index contributed by atoms with van der Waals surface area (Å²) in [7, 11) is 0. The van der Waals surface area contributed by atoms with E-state index in [1.165, 1.54) is 6.42 Å². The minimum absolute atomic E-state index is 0.219. The summed E-state index contributed by atoms with van der Waals surface area (Å²) in [5.41, 5.74) is 0. The van der Waals surface area contributed by atoms with Gasteiger partial charge in [0.2, 0.25) is 5.89 Å². The Bertz CT molecular complexity index is 362. The Morgan fingerprint density at radius 3 is 2.76 bits per heavy atom. The normalized spacial score (nSPS) is 26.6. The van der Waals surface area contributed by atoms with E-state index in [0.29, 0.717) is 18.2 Å². The Balaban J connectivity index is 1.96. The highest BCUT2D eigenvalue weighted by molar-refractivity contribution is 4.99. The van der Waals surface area contributed by atoms with Gasteiger partial charge in [-0.15, -0.1) is 0 Å². The van der Waals surface area contributed by atoms with Crippen LogP contribution >= 0.6 is 0 Å². The smallest absolute Gasteiger partial charge is 0.229 e. The second kappa shape index (κ2) is 5.17. The van der Waals surface area contributed by atoms with E-state index in [1.54, 1.807) is 0 Å². The molecule has 1 aromatic heterocycles. The van der Waals surface area contributed by atoms with E-state index in [2.05, 4.69) is 17.1 Å². The molecule has 4 nitrogen and oxygen atoms in total. The zero-order valence-electron chi connectivity index (χ0n) is 10.9. The Morgan fingerprint density at radius 1 is 1.41 bits per heavy atom. The molecule has 1 fully saturated rings. The summed E-state index contributed by atoms with van der Waals surface area (Å²) >= 11 is 0. The highest BCUT2D eigenvalue weighted by Gasteiger charge is 2.27. The molecule has 0 radical (unpaired) electrons. The fourth-order valence-electron chi connectivity index (χ4n) is 2.37. The minimum Gasteiger partial charge on any atom is -0.392 e. The third-order valence-corrected chi connectivity index (χ3v) is 3.70. The molecular formula is C13H22N2O2. The average Bonchev–Trinajstić information content (AvgIpc) is 2.86. The van der Waals surface area contributed by atoms with Gasteiger partial charge in [0.05, 0.1) is 12.5 Å². The summed E-state index contributed by atoms with van der Waals surface area (Å²) in [6.45, 7) is 6.24. The number of aliphatic hydroxyl groups excluding tert-OH is 1. The fourth-order valence-corrected chi connectivity index (χ4v) is 2.37. The molecule has 3 atom stereocenters. The third-order valence-electron chi connectivity index (χ3n) is 3.70. The van der Waals surface area contributed by atoms with Gasteiger partial charge in [-0.3, -0.25) is 0 Å². The molecule has 1 heterocycles. The van der Waals surface area contributed by atoms with Gasteiger partial charge in [0.1, 0.15) is 0 Å². The van der Waals surface area contributed by atoms with Crippen LogP contribution in [0.2, 0.25) is 0 Å². The summed E-state index contributed by atoms with van der Waals surface area (Å²) in [5, 5.41) is 13.8. The van der Waals surface area contributed by atoms with Crippen molar-refractivity contribution >= 4 is 0 Å². The van der Waals surface area contributed by atoms with Crippen LogP contribution < -0.4 is 0 Å². The third kappa shape index (κ3) is 3.06. The first-order valence-electron chi connectivity index (χ1n) is 6.56. The molecule has 0 aliphatic heterocycles. The van der Waals surface area contributed by atoms with Gasteiger partial charge >= 0.3 is 0 Å². The van der Waals surface area contributed by atoms with Crippen molar-refractivity contribution in [1.29, 1.82) is 0 Å². The zero-order chi connectivity index (χ0) is 12.4. The van der Waals surface area contributed by atoms with Crippen molar-refractivity contribution in [3.8, 4) is 0 Å². The van der Waals surface area contributed by atoms with Crippen LogP contribution in [-0.2, 0) is 6.42 Å². The zero-order valence-corrected chi connectivity index (χ0v) is 10.9. The van der Waals surface area contributed by atoms with Crippen LogP contribution in [0.1, 0.15) is 57.7 Å². The van der Waals surface area contributed by atoms with Crippen molar-refractivity contribution in [3.05, 3.63) is 11.7 Å². The molecule has 1 N–H and O–H groups in total. The molecule has 2 rings (SSSR count). The molecule has 96 valence electrons. The second-order valence-corrected chi connectivity index (χ2v) is 5.68. The maximum absolute atomic E-state index is 9.77. The first kappa shape index (κ1) is 12.6. The molecule has 1 aromatic rings. The van der Waals surface area contributed by atoms with E-state index >= 15 is 0 Å². The maximum Gasteiger partial charge on any atom is 0.229 e. The van der Waals surface area contributed by atoms with E-state index in [1.807, 2.05) is 13.8 Å². The summed E-state index contributed by atoms with van der Waals surface area (Å²) in [5.74, 6) is 2.85. The molecule has 3 unspecified atom stereocenters. The van der Waals surface area contributed by atoms with Crippen LogP contribution in [0, 0.1) is 11.8 Å². The lowest BCUT2D eigenvalue weighted by molar-refractivity contribution is 0.116. The van der Waals surface area contributed by atoms with Crippen molar-refractivity contribution in [2.45, 2.75) is 58.5 Å². The van der Waals surface area contributed by atoms with Gasteiger partial charge in [-0.25, -0.2) is 0 Å². The lowest BCUT2D eigenvalue weighted by atomic mass is 10.0. The molecule has 0 saturated heterocycles. The Morgan fingerprint density at radius 2 is 2.18 bits per heavy atom. The Kier molecular flexibility index (Phi) is 3.82. The van der Waals surface area contributed by atoms with E-state index < -0.39 is 6.10 Å². The van der Waals surface area contributed by atoms with E-state index in [-0.39, 0.29) is 5.92 Å². The van der Waals surface area contributed by atoms with E-state index in [0.717, 1.165) is 24.6 Å². The van der Waals surface area contributed by atoms with Gasteiger partial charge in [0, 0.05) is 5.92 Å². The van der Waals surface area contributed by atoms with Crippen LogP contribution in [0.3, 0.4) is 0 Å². The summed E-state index contributed by atoms with van der Waals surface area (Å²) in [6, 6.07) is 0. The first-order valence-corrected chi connectivity index (χ1v) is 6.56. The van der Waals surface area contributed by atoms with Crippen LogP contribution in [0.4, 0.5) is 0 Å². The summed E-state index contributed by atoms with van der Waals surface area (Å²) in [4.78, 5) is 4.41. The van der Waals surface area contributed by atoms with Crippen LogP contribution in [0.25, 0.3) is 0 Å². The number of aliphatic hydroxyl groups is 1. The van der Waals surface area contributed by atoms with Crippen molar-refractivity contribution in [2.75, 3.05) is 0 Å². The molecule has 1 saturated carbocycles. The molecule has 0 bridgehead atoms. The molecular weight excluding hydrogens is 216 g/mol. The van der Waals surface area contributed by atoms with Crippen molar-refractivity contribution in [3.63, 3.8) is 0 Å². The van der Waals surface area contributed by atoms with Crippen LogP contribution in [-0.4, -0.2) is 21.4 Å². The molecule has 0 amide bonds. The number of hydrogen-bond acceptors (Lipinski definition) is 4. The molecule has 0 aromatic carbocycles. The van der Waals surface area contributed by atoms with Gasteiger partial charge < -0.3 is 9.63 Å². The molecule has 1 aliphatic carbocycles. The summed E-state index contributed by atoms with van der Waals surface area (Å²) in [6.07, 6.45) is 3.64. The molecule has 17 heavy (non-hydrogen) atoms. The van der Waals surface area contributed by atoms with Gasteiger partial charge in [-0.1, -0.05) is 25.9 Å². The van der Waals surface area contributed by atoms with Crippen LogP contribution in [0.5, 0.6) is 0 Å². The second-order valence-electron chi connectivity index (χ2n) is 5.68. The largest absolute Gasteiger partial charge is 0.392 e. The SMILES string of the molecule is CC1CCC(c2noc(CC(O)C(C)C)n2)C1. The quantitative estimate of drug-likeness (QED) is 0.875. The fraction of sp³-hybridized carbons (Fsp3) is 0.846. The first-order chi connectivity index (χ1) is 8.06. The van der Waals surface area contributed by atoms with E-state index in [4.69, 9.17) is 4.52 Å². The topological polar surface area (TPSA) is 59.2 Å². The Hall–Kier alpha value is -0.900. The predicted octanol–water partition coefficient (Wildman–Crippen LogP) is 2.53. The van der Waals surface area contributed by atoms with Crippen molar-refractivity contribution in [1.82, 2.24) is 10.1 Å². The number of nitrogens with zero attached hydrogens (tertiary/aromatic N) is 2. The minimum atomic E-state index is -0.397. The lowest BCUT2D eigenvalue weighted by Crippen LogP contribution is -2.17. The monoisotopic (exact) mass is 238 g/mol. The standard InChI is InChI=1S/C13H22N2O2/c1-8(2)11(16)7-12-14-13(15-17-12)10-5-4-9(3)6-10/h8-11,16H,4-7H2,1-3H3. The number of rotatable bonds is 4. The number of hydrogen-bond donors (Lipinski definition) is 1. The van der Waals surface area contributed by atoms with Crippen molar-refractivity contribution in [2.24, 2.45) is 11.8 Å². The number of aromatic nitrogens is 2. The molecule has 0 spiro atoms. The van der Waals surface area contributed by atoms with Gasteiger partial charge in [-0.05, 0) is 31.1 Å². The average molecular weight is 238 g/mol. The van der Waals surface area contributed by atoms with E-state index in [9.17, 15) is 5.11 Å². The van der Waals surface area contributed by atoms with Gasteiger partial charge in [0.15, 0.2) is 5.82 Å². The molecule has 4 heteroatoms. The highest BCUT2D eigenvalue weighted by atomic mass is 16.5. The van der Waals surface area contributed by atoms with Gasteiger partial charge in [0.25, 0.3) is 0 Å². The van der Waals surface area contributed by atoms with Gasteiger partial charge in [-0.2, -0.15) is 4.98 Å². The van der Waals surface area contributed by atoms with Crippen molar-refractivity contribution < 1.29 is 9.63 Å². The summed E-state index contributed by atoms with van der Waals surface area (Å²) < 4.78 is 5.21. The predicted molar refractivity (Wildman–Crippen MR) is 64.6 cm³/mol. The Labute approximate surface area is 102 Å². The highest BCUT2D eigenvalue weighted by Crippen LogP contribution is 2.36.